The quantitative estimate of drug-likeness (QED) is 0.466. The van der Waals surface area contributed by atoms with Crippen LogP contribution in [0.3, 0.4) is 0 Å². The molecule has 4 aromatic rings. The van der Waals surface area contributed by atoms with Gasteiger partial charge in [-0.2, -0.15) is 0 Å². The van der Waals surface area contributed by atoms with E-state index in [9.17, 15) is 4.79 Å². The minimum atomic E-state index is -0.227. The Hall–Kier alpha value is -3.45. The van der Waals surface area contributed by atoms with Crippen molar-refractivity contribution < 1.29 is 9.53 Å². The van der Waals surface area contributed by atoms with Crippen LogP contribution in [0.2, 0.25) is 0 Å². The first-order valence-electron chi connectivity index (χ1n) is 9.59. The van der Waals surface area contributed by atoms with Crippen molar-refractivity contribution in [2.24, 2.45) is 0 Å². The van der Waals surface area contributed by atoms with Crippen LogP contribution in [0.5, 0.6) is 5.75 Å². The van der Waals surface area contributed by atoms with Crippen molar-refractivity contribution in [1.82, 2.24) is 14.8 Å². The Labute approximate surface area is 179 Å². The first kappa shape index (κ1) is 19.8. The fourth-order valence-electron chi connectivity index (χ4n) is 3.05. The SMILES string of the molecule is Cc1ccc(OCc2csc(C(=O)Nc3ncn(Cc4ccccc4)n3)c2)c(C)c1. The van der Waals surface area contributed by atoms with Crippen LogP contribution in [0.4, 0.5) is 5.95 Å². The van der Waals surface area contributed by atoms with Crippen molar-refractivity contribution in [2.75, 3.05) is 5.32 Å². The van der Waals surface area contributed by atoms with Crippen LogP contribution in [-0.4, -0.2) is 20.7 Å². The Kier molecular flexibility index (Phi) is 5.90. The zero-order chi connectivity index (χ0) is 20.9. The molecule has 0 atom stereocenters. The van der Waals surface area contributed by atoms with E-state index in [2.05, 4.69) is 28.4 Å². The number of aromatic nitrogens is 3. The van der Waals surface area contributed by atoms with Gasteiger partial charge in [0, 0.05) is 5.56 Å². The number of aryl methyl sites for hydroxylation is 2. The summed E-state index contributed by atoms with van der Waals surface area (Å²) in [5, 5.41) is 9.01. The second-order valence-corrected chi connectivity index (χ2v) is 7.99. The van der Waals surface area contributed by atoms with Crippen LogP contribution in [0.25, 0.3) is 0 Å². The van der Waals surface area contributed by atoms with Gasteiger partial charge in [0.25, 0.3) is 5.91 Å². The van der Waals surface area contributed by atoms with Gasteiger partial charge in [0.15, 0.2) is 0 Å². The number of benzene rings is 2. The third kappa shape index (κ3) is 4.93. The maximum atomic E-state index is 12.5. The number of amides is 1. The monoisotopic (exact) mass is 418 g/mol. The van der Waals surface area contributed by atoms with Crippen LogP contribution in [0, 0.1) is 13.8 Å². The lowest BCUT2D eigenvalue weighted by Gasteiger charge is -2.08. The Bertz CT molecular complexity index is 1150. The summed E-state index contributed by atoms with van der Waals surface area (Å²) in [4.78, 5) is 17.3. The molecule has 0 fully saturated rings. The summed E-state index contributed by atoms with van der Waals surface area (Å²) in [5.41, 5.74) is 4.37. The third-order valence-electron chi connectivity index (χ3n) is 4.55. The number of carbonyl (C=O) groups is 1. The number of nitrogens with zero attached hydrogens (tertiary/aromatic N) is 3. The van der Waals surface area contributed by atoms with E-state index in [0.717, 1.165) is 22.4 Å². The number of carbonyl (C=O) groups excluding carboxylic acids is 1. The van der Waals surface area contributed by atoms with Gasteiger partial charge in [-0.25, -0.2) is 9.67 Å². The summed E-state index contributed by atoms with van der Waals surface area (Å²) in [6.07, 6.45) is 1.61. The van der Waals surface area contributed by atoms with Crippen molar-refractivity contribution in [3.05, 3.63) is 93.4 Å². The topological polar surface area (TPSA) is 69.0 Å². The normalized spacial score (nSPS) is 10.7. The van der Waals surface area contributed by atoms with Crippen LogP contribution in [0.15, 0.2) is 66.3 Å². The van der Waals surface area contributed by atoms with Crippen molar-refractivity contribution in [3.63, 3.8) is 0 Å². The van der Waals surface area contributed by atoms with E-state index < -0.39 is 0 Å². The molecule has 7 heteroatoms. The van der Waals surface area contributed by atoms with Gasteiger partial charge in [-0.3, -0.25) is 10.1 Å². The van der Waals surface area contributed by atoms with Crippen molar-refractivity contribution in [1.29, 1.82) is 0 Å². The number of rotatable bonds is 7. The molecule has 0 saturated heterocycles. The second kappa shape index (κ2) is 8.92. The molecule has 6 nitrogen and oxygen atoms in total. The van der Waals surface area contributed by atoms with Gasteiger partial charge in [-0.1, -0.05) is 48.0 Å². The van der Waals surface area contributed by atoms with E-state index in [1.165, 1.54) is 16.9 Å². The van der Waals surface area contributed by atoms with Crippen molar-refractivity contribution in [3.8, 4) is 5.75 Å². The largest absolute Gasteiger partial charge is 0.489 e. The number of nitrogens with one attached hydrogen (secondary N) is 1. The molecule has 0 bridgehead atoms. The lowest BCUT2D eigenvalue weighted by molar-refractivity contribution is 0.102. The molecule has 2 aromatic heterocycles. The van der Waals surface area contributed by atoms with Crippen molar-refractivity contribution >= 4 is 23.2 Å². The van der Waals surface area contributed by atoms with Gasteiger partial charge >= 0.3 is 0 Å². The van der Waals surface area contributed by atoms with Gasteiger partial charge in [-0.05, 0) is 42.5 Å². The maximum absolute atomic E-state index is 12.5. The molecular weight excluding hydrogens is 396 g/mol. The summed E-state index contributed by atoms with van der Waals surface area (Å²) >= 11 is 1.37. The summed E-state index contributed by atoms with van der Waals surface area (Å²) < 4.78 is 7.59. The van der Waals surface area contributed by atoms with Crippen molar-refractivity contribution in [2.45, 2.75) is 27.0 Å². The standard InChI is InChI=1S/C23H22N4O2S/c1-16-8-9-20(17(2)10-16)29-13-19-11-21(30-14-19)22(28)25-23-24-15-27(26-23)12-18-6-4-3-5-7-18/h3-11,14-15H,12-13H2,1-2H3,(H,25,26,28). The molecule has 0 spiro atoms. The Morgan fingerprint density at radius 2 is 1.93 bits per heavy atom. The highest BCUT2D eigenvalue weighted by Crippen LogP contribution is 2.22. The average Bonchev–Trinajstić information content (AvgIpc) is 3.38. The molecule has 2 aromatic carbocycles. The molecule has 0 aliphatic heterocycles. The molecular formula is C23H22N4O2S. The minimum absolute atomic E-state index is 0.227. The minimum Gasteiger partial charge on any atom is -0.489 e. The predicted octanol–water partition coefficient (Wildman–Crippen LogP) is 4.84. The molecule has 30 heavy (non-hydrogen) atoms. The number of hydrogen-bond donors (Lipinski definition) is 1. The summed E-state index contributed by atoms with van der Waals surface area (Å²) in [6, 6.07) is 17.9. The Balaban J connectivity index is 1.34. The van der Waals surface area contributed by atoms with Crippen LogP contribution < -0.4 is 10.1 Å². The van der Waals surface area contributed by atoms with E-state index in [-0.39, 0.29) is 11.9 Å². The lowest BCUT2D eigenvalue weighted by Crippen LogP contribution is -2.12. The van der Waals surface area contributed by atoms with Gasteiger partial charge in [0.05, 0.1) is 11.4 Å². The second-order valence-electron chi connectivity index (χ2n) is 7.08. The molecule has 0 saturated carbocycles. The van der Waals surface area contributed by atoms with E-state index >= 15 is 0 Å². The number of anilines is 1. The Morgan fingerprint density at radius 1 is 1.10 bits per heavy atom. The molecule has 0 unspecified atom stereocenters. The highest BCUT2D eigenvalue weighted by Gasteiger charge is 2.13. The smallest absolute Gasteiger partial charge is 0.268 e. The molecule has 0 aliphatic rings. The number of ether oxygens (including phenoxy) is 1. The zero-order valence-electron chi connectivity index (χ0n) is 16.8. The highest BCUT2D eigenvalue weighted by molar-refractivity contribution is 7.12. The van der Waals surface area contributed by atoms with Gasteiger partial charge in [-0.15, -0.1) is 16.4 Å². The highest BCUT2D eigenvalue weighted by atomic mass is 32.1. The first-order valence-corrected chi connectivity index (χ1v) is 10.5. The van der Waals surface area contributed by atoms with Gasteiger partial charge < -0.3 is 4.74 Å². The van der Waals surface area contributed by atoms with Crippen LogP contribution in [-0.2, 0) is 13.2 Å². The molecule has 1 amide bonds. The fraction of sp³-hybridized carbons (Fsp3) is 0.174. The molecule has 0 radical (unpaired) electrons. The predicted molar refractivity (Wildman–Crippen MR) is 118 cm³/mol. The Morgan fingerprint density at radius 3 is 2.73 bits per heavy atom. The molecule has 2 heterocycles. The summed E-state index contributed by atoms with van der Waals surface area (Å²) in [6.45, 7) is 5.10. The van der Waals surface area contributed by atoms with Gasteiger partial charge in [0.2, 0.25) is 5.95 Å². The van der Waals surface area contributed by atoms with E-state index in [1.54, 1.807) is 11.0 Å². The summed E-state index contributed by atoms with van der Waals surface area (Å²) in [7, 11) is 0. The molecule has 1 N–H and O–H groups in total. The van der Waals surface area contributed by atoms with E-state index in [1.807, 2.05) is 60.8 Å². The van der Waals surface area contributed by atoms with Crippen LogP contribution in [0.1, 0.15) is 31.9 Å². The van der Waals surface area contributed by atoms with E-state index in [0.29, 0.717) is 18.0 Å². The number of thiophene rings is 1. The average molecular weight is 419 g/mol. The lowest BCUT2D eigenvalue weighted by atomic mass is 10.1. The van der Waals surface area contributed by atoms with E-state index in [4.69, 9.17) is 4.74 Å². The number of hydrogen-bond acceptors (Lipinski definition) is 5. The van der Waals surface area contributed by atoms with Crippen LogP contribution >= 0.6 is 11.3 Å². The fourth-order valence-corrected chi connectivity index (χ4v) is 3.85. The molecule has 0 aliphatic carbocycles. The van der Waals surface area contributed by atoms with Gasteiger partial charge in [0.1, 0.15) is 18.7 Å². The first-order chi connectivity index (χ1) is 14.6. The molecule has 152 valence electrons. The summed E-state index contributed by atoms with van der Waals surface area (Å²) in [5.74, 6) is 0.915. The zero-order valence-corrected chi connectivity index (χ0v) is 17.6. The third-order valence-corrected chi connectivity index (χ3v) is 5.53. The maximum Gasteiger partial charge on any atom is 0.268 e. The molecule has 4 rings (SSSR count).